The molecule has 0 saturated heterocycles. The molecule has 59 heavy (non-hydrogen) atoms. The summed E-state index contributed by atoms with van der Waals surface area (Å²) >= 11 is 0. The summed E-state index contributed by atoms with van der Waals surface area (Å²) in [4.78, 5) is 10.4. The van der Waals surface area contributed by atoms with E-state index in [1.807, 2.05) is 18.2 Å². The number of fused-ring (bicyclic) bond motifs is 9. The number of nitrogens with one attached hydrogen (secondary N) is 1. The van der Waals surface area contributed by atoms with Crippen LogP contribution in [0.25, 0.3) is 71.7 Å². The van der Waals surface area contributed by atoms with Crippen LogP contribution in [-0.4, -0.2) is 16.2 Å². The number of amidine groups is 2. The highest BCUT2D eigenvalue weighted by Crippen LogP contribution is 2.49. The minimum atomic E-state index is -0.337. The van der Waals surface area contributed by atoms with E-state index in [4.69, 9.17) is 14.4 Å². The van der Waals surface area contributed by atoms with E-state index in [0.29, 0.717) is 5.84 Å². The van der Waals surface area contributed by atoms with Crippen LogP contribution in [0.1, 0.15) is 47.8 Å². The Labute approximate surface area is 341 Å². The molecule has 2 aliphatic rings. The molecule has 8 aromatic carbocycles. The first-order valence-electron chi connectivity index (χ1n) is 20.3. The molecule has 12 rings (SSSR count). The number of para-hydroxylation sites is 2. The van der Waals surface area contributed by atoms with Crippen molar-refractivity contribution in [2.24, 2.45) is 9.98 Å². The highest BCUT2D eigenvalue weighted by molar-refractivity contribution is 6.18. The average molecular weight is 759 g/mol. The maximum Gasteiger partial charge on any atom is 0.159 e. The Kier molecular flexibility index (Phi) is 7.27. The van der Waals surface area contributed by atoms with Crippen LogP contribution < -0.4 is 5.32 Å². The predicted octanol–water partition coefficient (Wildman–Crippen LogP) is 13.2. The van der Waals surface area contributed by atoms with Crippen molar-refractivity contribution in [2.75, 3.05) is 0 Å². The second-order valence-corrected chi connectivity index (χ2v) is 16.2. The molecule has 0 amide bonds. The van der Waals surface area contributed by atoms with Gasteiger partial charge in [-0.05, 0) is 69.3 Å². The van der Waals surface area contributed by atoms with Gasteiger partial charge in [-0.3, -0.25) is 0 Å². The first-order valence-corrected chi connectivity index (χ1v) is 20.3. The molecule has 0 fully saturated rings. The van der Waals surface area contributed by atoms with Crippen molar-refractivity contribution in [1.82, 2.24) is 9.88 Å². The maximum atomic E-state index is 6.94. The Balaban J connectivity index is 0.984. The third-order valence-corrected chi connectivity index (χ3v) is 12.5. The van der Waals surface area contributed by atoms with E-state index in [0.717, 1.165) is 61.2 Å². The van der Waals surface area contributed by atoms with Crippen molar-refractivity contribution in [1.29, 1.82) is 0 Å². The molecule has 0 radical (unpaired) electrons. The lowest BCUT2D eigenvalue weighted by Gasteiger charge is -2.26. The van der Waals surface area contributed by atoms with E-state index >= 15 is 0 Å². The van der Waals surface area contributed by atoms with Crippen molar-refractivity contribution < 1.29 is 4.42 Å². The minimum Gasteiger partial charge on any atom is -0.454 e. The summed E-state index contributed by atoms with van der Waals surface area (Å²) in [5, 5.41) is 8.30. The summed E-state index contributed by atoms with van der Waals surface area (Å²) in [5.41, 5.74) is 15.5. The van der Waals surface area contributed by atoms with Gasteiger partial charge in [0.15, 0.2) is 11.4 Å². The monoisotopic (exact) mass is 758 g/mol. The molecule has 1 N–H and O–H groups in total. The van der Waals surface area contributed by atoms with Crippen LogP contribution in [0.15, 0.2) is 196 Å². The summed E-state index contributed by atoms with van der Waals surface area (Å²) < 4.78 is 9.30. The molecule has 280 valence electrons. The summed E-state index contributed by atoms with van der Waals surface area (Å²) in [6.07, 6.45) is -0.337. The number of aliphatic imine (C=N–C) groups is 2. The largest absolute Gasteiger partial charge is 0.454 e. The topological polar surface area (TPSA) is 54.8 Å². The van der Waals surface area contributed by atoms with Crippen LogP contribution in [-0.2, 0) is 5.41 Å². The van der Waals surface area contributed by atoms with Gasteiger partial charge in [0.1, 0.15) is 17.6 Å². The molecule has 10 aromatic rings. The lowest BCUT2D eigenvalue weighted by Crippen LogP contribution is -2.33. The lowest BCUT2D eigenvalue weighted by atomic mass is 9.82. The molecule has 0 spiro atoms. The van der Waals surface area contributed by atoms with Crippen molar-refractivity contribution in [2.45, 2.75) is 25.4 Å². The van der Waals surface area contributed by atoms with Gasteiger partial charge in [-0.2, -0.15) is 0 Å². The summed E-state index contributed by atoms with van der Waals surface area (Å²) in [7, 11) is 0. The van der Waals surface area contributed by atoms with Crippen LogP contribution in [0, 0.1) is 0 Å². The molecule has 1 unspecified atom stereocenters. The fourth-order valence-corrected chi connectivity index (χ4v) is 9.62. The summed E-state index contributed by atoms with van der Waals surface area (Å²) in [6.45, 7) is 4.64. The van der Waals surface area contributed by atoms with E-state index in [2.05, 4.69) is 188 Å². The average Bonchev–Trinajstić information content (AvgIpc) is 3.92. The molecule has 1 aliphatic carbocycles. The molecule has 5 nitrogen and oxygen atoms in total. The molecule has 5 heteroatoms. The zero-order valence-electron chi connectivity index (χ0n) is 32.6. The molecule has 2 aromatic heterocycles. The smallest absolute Gasteiger partial charge is 0.159 e. The Morgan fingerprint density at radius 3 is 2.10 bits per heavy atom. The number of aromatic nitrogens is 1. The van der Waals surface area contributed by atoms with Gasteiger partial charge in [0.05, 0.1) is 16.7 Å². The lowest BCUT2D eigenvalue weighted by molar-refractivity contribution is 0.645. The van der Waals surface area contributed by atoms with Crippen molar-refractivity contribution in [3.05, 3.63) is 210 Å². The van der Waals surface area contributed by atoms with Crippen molar-refractivity contribution in [3.8, 4) is 27.9 Å². The molecular weight excluding hydrogens is 721 g/mol. The third kappa shape index (κ3) is 5.11. The van der Waals surface area contributed by atoms with Gasteiger partial charge in [-0.15, -0.1) is 0 Å². The van der Waals surface area contributed by atoms with E-state index in [-0.39, 0.29) is 11.6 Å². The van der Waals surface area contributed by atoms with Gasteiger partial charge in [-0.1, -0.05) is 166 Å². The Morgan fingerprint density at radius 2 is 1.24 bits per heavy atom. The fraction of sp³-hybridized carbons (Fsp3) is 0.0741. The van der Waals surface area contributed by atoms with Crippen molar-refractivity contribution in [3.63, 3.8) is 0 Å². The second-order valence-electron chi connectivity index (χ2n) is 16.2. The molecule has 3 heterocycles. The van der Waals surface area contributed by atoms with Crippen LogP contribution >= 0.6 is 0 Å². The van der Waals surface area contributed by atoms with E-state index in [1.165, 1.54) is 44.2 Å². The number of benzene rings is 8. The van der Waals surface area contributed by atoms with Gasteiger partial charge in [-0.25, -0.2) is 9.98 Å². The highest BCUT2D eigenvalue weighted by Gasteiger charge is 2.36. The Hall–Kier alpha value is -7.50. The van der Waals surface area contributed by atoms with Crippen LogP contribution in [0.2, 0.25) is 0 Å². The molecule has 1 aliphatic heterocycles. The summed E-state index contributed by atoms with van der Waals surface area (Å²) in [5.74, 6) is 1.45. The number of nitrogens with zero attached hydrogens (tertiary/aromatic N) is 3. The first-order chi connectivity index (χ1) is 29.0. The van der Waals surface area contributed by atoms with Gasteiger partial charge in [0.2, 0.25) is 0 Å². The van der Waals surface area contributed by atoms with E-state index < -0.39 is 0 Å². The third-order valence-electron chi connectivity index (χ3n) is 12.5. The SMILES string of the molecule is CC1(C)c2ccccc2-c2ccc(C3N=C(c4ccccc4)N=C(c4ccc5c(c4)oc4c(-n6c7ccccc7c7c(-c8ccccc8)cccc76)cccc45)N3)cc21. The van der Waals surface area contributed by atoms with Gasteiger partial charge in [0.25, 0.3) is 0 Å². The number of hydrogen-bond acceptors (Lipinski definition) is 4. The normalized spacial score (nSPS) is 15.6. The van der Waals surface area contributed by atoms with Crippen LogP contribution in [0.4, 0.5) is 0 Å². The maximum absolute atomic E-state index is 6.94. The van der Waals surface area contributed by atoms with E-state index in [1.54, 1.807) is 0 Å². The predicted molar refractivity (Wildman–Crippen MR) is 243 cm³/mol. The highest BCUT2D eigenvalue weighted by atomic mass is 16.3. The molecule has 0 saturated carbocycles. The number of hydrogen-bond donors (Lipinski definition) is 1. The zero-order valence-corrected chi connectivity index (χ0v) is 32.6. The zero-order chi connectivity index (χ0) is 39.2. The molecule has 1 atom stereocenters. The van der Waals surface area contributed by atoms with Gasteiger partial charge >= 0.3 is 0 Å². The van der Waals surface area contributed by atoms with Crippen LogP contribution in [0.5, 0.6) is 0 Å². The standard InChI is InChI=1S/C54H38N4O/c1-54(2)43-23-11-9-19-38(43)39-29-27-35(31-44(39)54)52-55-51(34-17-7-4-8-18-34)56-53(57-52)36-28-30-40-41-22-14-26-47(50(41)59-48(40)32-36)58-45-24-12-10-20-42(45)49-37(21-13-25-46(49)58)33-15-5-3-6-16-33/h3-32,52H,1-2H3,(H,55,56,57). The van der Waals surface area contributed by atoms with Crippen LogP contribution in [0.3, 0.4) is 0 Å². The fourth-order valence-electron chi connectivity index (χ4n) is 9.62. The molecule has 0 bridgehead atoms. The van der Waals surface area contributed by atoms with E-state index in [9.17, 15) is 0 Å². The van der Waals surface area contributed by atoms with Gasteiger partial charge in [0, 0.05) is 38.1 Å². The first kappa shape index (κ1) is 33.6. The number of rotatable bonds is 5. The molecular formula is C54H38N4O. The second kappa shape index (κ2) is 12.8. The number of furan rings is 1. The quantitative estimate of drug-likeness (QED) is 0.190. The minimum absolute atomic E-state index is 0.117. The van der Waals surface area contributed by atoms with Gasteiger partial charge < -0.3 is 14.3 Å². The summed E-state index contributed by atoms with van der Waals surface area (Å²) in [6, 6.07) is 64.7. The Bertz CT molecular complexity index is 3390. The van der Waals surface area contributed by atoms with Crippen molar-refractivity contribution >= 4 is 55.4 Å². The Morgan fingerprint density at radius 1 is 0.542 bits per heavy atom.